The van der Waals surface area contributed by atoms with Crippen molar-refractivity contribution < 1.29 is 18.3 Å². The summed E-state index contributed by atoms with van der Waals surface area (Å²) in [5.41, 5.74) is 0.865. The number of fused-ring (bicyclic) bond motifs is 1. The molecule has 1 N–H and O–H groups in total. The molecule has 0 saturated carbocycles. The van der Waals surface area contributed by atoms with Crippen molar-refractivity contribution in [2.45, 2.75) is 31.0 Å². The van der Waals surface area contributed by atoms with E-state index in [-0.39, 0.29) is 24.1 Å². The summed E-state index contributed by atoms with van der Waals surface area (Å²) >= 11 is 0. The van der Waals surface area contributed by atoms with Gasteiger partial charge in [-0.3, -0.25) is 0 Å². The van der Waals surface area contributed by atoms with Crippen LogP contribution in [0.15, 0.2) is 30.3 Å². The Bertz CT molecular complexity index is 630. The molecule has 0 spiro atoms. The summed E-state index contributed by atoms with van der Waals surface area (Å²) in [4.78, 5) is 3.87. The number of halogens is 3. The summed E-state index contributed by atoms with van der Waals surface area (Å²) in [6.07, 6.45) is -1.91. The SMILES string of the molecule is OCC(F)(F)Cc1nc2n(n1)[C@H](c1ccccc1)C[C@@H]2F. The minimum Gasteiger partial charge on any atom is -0.390 e. The van der Waals surface area contributed by atoms with Crippen LogP contribution in [0.25, 0.3) is 0 Å². The highest BCUT2D eigenvalue weighted by molar-refractivity contribution is 5.23. The highest BCUT2D eigenvalue weighted by atomic mass is 19.3. The number of hydrogen-bond acceptors (Lipinski definition) is 3. The van der Waals surface area contributed by atoms with Crippen LogP contribution in [-0.4, -0.2) is 32.4 Å². The van der Waals surface area contributed by atoms with Crippen molar-refractivity contribution in [2.24, 2.45) is 0 Å². The van der Waals surface area contributed by atoms with Gasteiger partial charge in [-0.1, -0.05) is 30.3 Å². The van der Waals surface area contributed by atoms with Crippen LogP contribution in [0.4, 0.5) is 13.2 Å². The van der Waals surface area contributed by atoms with Crippen molar-refractivity contribution in [2.75, 3.05) is 6.61 Å². The molecule has 2 aromatic rings. The Morgan fingerprint density at radius 1 is 1.29 bits per heavy atom. The molecule has 0 saturated heterocycles. The van der Waals surface area contributed by atoms with Crippen molar-refractivity contribution in [1.29, 1.82) is 0 Å². The van der Waals surface area contributed by atoms with E-state index in [1.54, 1.807) is 0 Å². The molecule has 0 bridgehead atoms. The third kappa shape index (κ3) is 2.65. The van der Waals surface area contributed by atoms with Gasteiger partial charge in [0.2, 0.25) is 0 Å². The number of aliphatic hydroxyl groups is 1. The van der Waals surface area contributed by atoms with Crippen LogP contribution < -0.4 is 0 Å². The van der Waals surface area contributed by atoms with Crippen LogP contribution >= 0.6 is 0 Å². The zero-order chi connectivity index (χ0) is 15.0. The Morgan fingerprint density at radius 2 is 2.00 bits per heavy atom. The smallest absolute Gasteiger partial charge is 0.277 e. The average Bonchev–Trinajstić information content (AvgIpc) is 3.00. The third-order valence-corrected chi connectivity index (χ3v) is 3.54. The second-order valence-electron chi connectivity index (χ2n) is 5.15. The fourth-order valence-electron chi connectivity index (χ4n) is 2.54. The van der Waals surface area contributed by atoms with Crippen molar-refractivity contribution in [3.8, 4) is 0 Å². The van der Waals surface area contributed by atoms with Gasteiger partial charge in [0, 0.05) is 6.42 Å². The maximum atomic E-state index is 14.0. The van der Waals surface area contributed by atoms with E-state index in [2.05, 4.69) is 10.1 Å². The molecule has 0 aliphatic carbocycles. The zero-order valence-electron chi connectivity index (χ0n) is 11.1. The molecule has 112 valence electrons. The Balaban J connectivity index is 1.91. The second-order valence-corrected chi connectivity index (χ2v) is 5.15. The minimum absolute atomic E-state index is 0.0765. The molecule has 1 aliphatic heterocycles. The number of alkyl halides is 3. The number of benzene rings is 1. The summed E-state index contributed by atoms with van der Waals surface area (Å²) in [5.74, 6) is -3.36. The van der Waals surface area contributed by atoms with Crippen LogP contribution in [0.1, 0.15) is 35.8 Å². The highest BCUT2D eigenvalue weighted by Gasteiger charge is 2.37. The van der Waals surface area contributed by atoms with Gasteiger partial charge >= 0.3 is 0 Å². The average molecular weight is 297 g/mol. The summed E-state index contributed by atoms with van der Waals surface area (Å²) < 4.78 is 41.8. The van der Waals surface area contributed by atoms with Gasteiger partial charge in [-0.25, -0.2) is 22.8 Å². The van der Waals surface area contributed by atoms with Gasteiger partial charge in [0.15, 0.2) is 17.8 Å². The van der Waals surface area contributed by atoms with Crippen LogP contribution in [0.5, 0.6) is 0 Å². The van der Waals surface area contributed by atoms with E-state index < -0.39 is 25.1 Å². The molecular weight excluding hydrogens is 283 g/mol. The molecule has 4 nitrogen and oxygen atoms in total. The maximum Gasteiger partial charge on any atom is 0.277 e. The Labute approximate surface area is 119 Å². The molecule has 0 unspecified atom stereocenters. The van der Waals surface area contributed by atoms with Crippen molar-refractivity contribution >= 4 is 0 Å². The zero-order valence-corrected chi connectivity index (χ0v) is 11.1. The van der Waals surface area contributed by atoms with E-state index in [4.69, 9.17) is 5.11 Å². The topological polar surface area (TPSA) is 50.9 Å². The lowest BCUT2D eigenvalue weighted by molar-refractivity contribution is -0.0503. The van der Waals surface area contributed by atoms with Crippen molar-refractivity contribution in [3.63, 3.8) is 0 Å². The minimum atomic E-state index is -3.29. The lowest BCUT2D eigenvalue weighted by atomic mass is 10.0. The predicted octanol–water partition coefficient (Wildman–Crippen LogP) is 2.45. The molecule has 7 heteroatoms. The van der Waals surface area contributed by atoms with Crippen molar-refractivity contribution in [1.82, 2.24) is 14.8 Å². The molecule has 1 aliphatic rings. The fourth-order valence-corrected chi connectivity index (χ4v) is 2.54. The van der Waals surface area contributed by atoms with E-state index in [0.717, 1.165) is 5.56 Å². The van der Waals surface area contributed by atoms with Gasteiger partial charge in [-0.2, -0.15) is 5.10 Å². The van der Waals surface area contributed by atoms with Gasteiger partial charge in [-0.05, 0) is 5.56 Å². The lowest BCUT2D eigenvalue weighted by Gasteiger charge is -2.12. The third-order valence-electron chi connectivity index (χ3n) is 3.54. The number of rotatable bonds is 4. The molecule has 2 heterocycles. The van der Waals surface area contributed by atoms with E-state index >= 15 is 0 Å². The molecule has 3 rings (SSSR count). The molecule has 1 aromatic carbocycles. The number of nitrogens with zero attached hydrogens (tertiary/aromatic N) is 3. The quantitative estimate of drug-likeness (QED) is 0.943. The molecule has 1 aromatic heterocycles. The van der Waals surface area contributed by atoms with E-state index in [1.165, 1.54) is 4.68 Å². The highest BCUT2D eigenvalue weighted by Crippen LogP contribution is 2.39. The normalized spacial score (nSPS) is 21.5. The maximum absolute atomic E-state index is 14.0. The second kappa shape index (κ2) is 5.14. The molecule has 0 amide bonds. The molecule has 0 radical (unpaired) electrons. The van der Waals surface area contributed by atoms with E-state index in [0.29, 0.717) is 0 Å². The van der Waals surface area contributed by atoms with Gasteiger partial charge in [0.1, 0.15) is 6.61 Å². The van der Waals surface area contributed by atoms with Gasteiger partial charge in [0.05, 0.1) is 12.5 Å². The Morgan fingerprint density at radius 3 is 2.67 bits per heavy atom. The van der Waals surface area contributed by atoms with Gasteiger partial charge < -0.3 is 5.11 Å². The predicted molar refractivity (Wildman–Crippen MR) is 68.8 cm³/mol. The monoisotopic (exact) mass is 297 g/mol. The Kier molecular flexibility index (Phi) is 3.44. The van der Waals surface area contributed by atoms with E-state index in [9.17, 15) is 13.2 Å². The summed E-state index contributed by atoms with van der Waals surface area (Å²) in [7, 11) is 0. The standard InChI is InChI=1S/C14H14F3N3O/c15-10-6-11(9-4-2-1-3-5-9)20-13(10)18-12(19-20)7-14(16,17)8-21/h1-5,10-11,21H,6-8H2/t10-,11-/m0/s1. The number of aromatic nitrogens is 3. The summed E-state index contributed by atoms with van der Waals surface area (Å²) in [6, 6.07) is 8.87. The lowest BCUT2D eigenvalue weighted by Crippen LogP contribution is -2.25. The van der Waals surface area contributed by atoms with Gasteiger partial charge in [0.25, 0.3) is 5.92 Å². The first kappa shape index (κ1) is 14.1. The Hall–Kier alpha value is -1.89. The molecule has 21 heavy (non-hydrogen) atoms. The first-order chi connectivity index (χ1) is 10.00. The number of hydrogen-bond donors (Lipinski definition) is 1. The molecular formula is C14H14F3N3O. The van der Waals surface area contributed by atoms with E-state index in [1.807, 2.05) is 30.3 Å². The van der Waals surface area contributed by atoms with Gasteiger partial charge in [-0.15, -0.1) is 0 Å². The first-order valence-corrected chi connectivity index (χ1v) is 6.63. The van der Waals surface area contributed by atoms with Crippen LogP contribution in [-0.2, 0) is 6.42 Å². The fraction of sp³-hybridized carbons (Fsp3) is 0.429. The molecule has 0 fully saturated rings. The van der Waals surface area contributed by atoms with Crippen LogP contribution in [0, 0.1) is 0 Å². The summed E-state index contributed by atoms with van der Waals surface area (Å²) in [5, 5.41) is 12.6. The first-order valence-electron chi connectivity index (χ1n) is 6.63. The van der Waals surface area contributed by atoms with Crippen molar-refractivity contribution in [3.05, 3.63) is 47.5 Å². The van der Waals surface area contributed by atoms with Crippen LogP contribution in [0.2, 0.25) is 0 Å². The molecule has 2 atom stereocenters. The van der Waals surface area contributed by atoms with Crippen LogP contribution in [0.3, 0.4) is 0 Å². The summed E-state index contributed by atoms with van der Waals surface area (Å²) in [6.45, 7) is -1.28. The number of aliphatic hydroxyl groups excluding tert-OH is 1. The largest absolute Gasteiger partial charge is 0.390 e.